The molecule has 0 radical (unpaired) electrons. The second-order valence-corrected chi connectivity index (χ2v) is 5.36. The summed E-state index contributed by atoms with van der Waals surface area (Å²) >= 11 is 0. The minimum absolute atomic E-state index is 0.0861. The van der Waals surface area contributed by atoms with Crippen molar-refractivity contribution in [2.45, 2.75) is 18.9 Å². The van der Waals surface area contributed by atoms with Crippen molar-refractivity contribution in [3.8, 4) is 5.75 Å². The van der Waals surface area contributed by atoms with Crippen LogP contribution in [0.15, 0.2) is 18.2 Å². The lowest BCUT2D eigenvalue weighted by atomic mass is 10.1. The fourth-order valence-electron chi connectivity index (χ4n) is 2.74. The third-order valence-electron chi connectivity index (χ3n) is 3.93. The van der Waals surface area contributed by atoms with Crippen LogP contribution < -0.4 is 14.5 Å². The van der Waals surface area contributed by atoms with Crippen LogP contribution in [0.3, 0.4) is 0 Å². The third-order valence-corrected chi connectivity index (χ3v) is 3.93. The highest BCUT2D eigenvalue weighted by Crippen LogP contribution is 2.40. The van der Waals surface area contributed by atoms with Crippen LogP contribution in [0.5, 0.6) is 5.75 Å². The average molecular weight is 276 g/mol. The minimum Gasteiger partial charge on any atom is -0.488 e. The highest BCUT2D eigenvalue weighted by atomic mass is 16.5. The molecule has 5 heteroatoms. The summed E-state index contributed by atoms with van der Waals surface area (Å²) in [5, 5.41) is 0. The van der Waals surface area contributed by atoms with E-state index in [0.29, 0.717) is 6.54 Å². The first-order chi connectivity index (χ1) is 9.66. The number of likely N-dealkylation sites (N-methyl/N-ethyl adjacent to an activating group) is 2. The molecule has 0 N–H and O–H groups in total. The first-order valence-electron chi connectivity index (χ1n) is 7.02. The molecule has 0 saturated carbocycles. The van der Waals surface area contributed by atoms with Gasteiger partial charge in [0.2, 0.25) is 5.91 Å². The van der Waals surface area contributed by atoms with Crippen LogP contribution in [-0.2, 0) is 9.53 Å². The summed E-state index contributed by atoms with van der Waals surface area (Å²) in [6, 6.07) is 5.94. The van der Waals surface area contributed by atoms with Crippen LogP contribution in [0.1, 0.15) is 12.8 Å². The molecule has 0 aliphatic carbocycles. The topological polar surface area (TPSA) is 42.0 Å². The van der Waals surface area contributed by atoms with E-state index < -0.39 is 0 Å². The highest BCUT2D eigenvalue weighted by Gasteiger charge is 2.28. The number of hydrogen-bond donors (Lipinski definition) is 0. The SMILES string of the molecule is CN1CC(=O)N(C)c2c(OC3CCOCC3)cccc21. The van der Waals surface area contributed by atoms with Gasteiger partial charge < -0.3 is 19.3 Å². The number of nitrogens with zero attached hydrogens (tertiary/aromatic N) is 2. The molecule has 108 valence electrons. The van der Waals surface area contributed by atoms with E-state index in [4.69, 9.17) is 9.47 Å². The quantitative estimate of drug-likeness (QED) is 0.824. The van der Waals surface area contributed by atoms with Crippen LogP contribution in [0.2, 0.25) is 0 Å². The number of amides is 1. The summed E-state index contributed by atoms with van der Waals surface area (Å²) in [6.07, 6.45) is 1.97. The first-order valence-corrected chi connectivity index (χ1v) is 7.02. The van der Waals surface area contributed by atoms with Crippen LogP contribution in [-0.4, -0.2) is 45.9 Å². The van der Waals surface area contributed by atoms with E-state index in [9.17, 15) is 4.79 Å². The van der Waals surface area contributed by atoms with Crippen molar-refractivity contribution in [2.75, 3.05) is 43.7 Å². The van der Waals surface area contributed by atoms with Gasteiger partial charge in [-0.05, 0) is 12.1 Å². The van der Waals surface area contributed by atoms with Crippen molar-refractivity contribution in [1.82, 2.24) is 0 Å². The van der Waals surface area contributed by atoms with Gasteiger partial charge in [0.1, 0.15) is 17.5 Å². The zero-order valence-electron chi connectivity index (χ0n) is 12.0. The smallest absolute Gasteiger partial charge is 0.246 e. The molecule has 0 unspecified atom stereocenters. The van der Waals surface area contributed by atoms with E-state index in [-0.39, 0.29) is 12.0 Å². The van der Waals surface area contributed by atoms with Crippen molar-refractivity contribution in [2.24, 2.45) is 0 Å². The van der Waals surface area contributed by atoms with Gasteiger partial charge >= 0.3 is 0 Å². The average Bonchev–Trinajstić information content (AvgIpc) is 2.46. The molecule has 1 aromatic rings. The summed E-state index contributed by atoms with van der Waals surface area (Å²) < 4.78 is 11.5. The van der Waals surface area contributed by atoms with Gasteiger partial charge in [-0.25, -0.2) is 0 Å². The van der Waals surface area contributed by atoms with Gasteiger partial charge in [0.05, 0.1) is 25.4 Å². The third kappa shape index (κ3) is 2.33. The minimum atomic E-state index is 0.0861. The normalized spacial score (nSPS) is 20.0. The molecule has 2 aliphatic rings. The summed E-state index contributed by atoms with van der Waals surface area (Å²) in [4.78, 5) is 15.7. The van der Waals surface area contributed by atoms with Crippen molar-refractivity contribution in [3.05, 3.63) is 18.2 Å². The second kappa shape index (κ2) is 5.32. The Kier molecular flexibility index (Phi) is 3.53. The first kappa shape index (κ1) is 13.2. The monoisotopic (exact) mass is 276 g/mol. The summed E-state index contributed by atoms with van der Waals surface area (Å²) in [7, 11) is 3.74. The predicted octanol–water partition coefficient (Wildman–Crippen LogP) is 1.66. The second-order valence-electron chi connectivity index (χ2n) is 5.36. The van der Waals surface area contributed by atoms with Crippen LogP contribution >= 0.6 is 0 Å². The zero-order chi connectivity index (χ0) is 14.1. The van der Waals surface area contributed by atoms with Crippen molar-refractivity contribution >= 4 is 17.3 Å². The Morgan fingerprint density at radius 3 is 2.75 bits per heavy atom. The molecular formula is C15H20N2O3. The van der Waals surface area contributed by atoms with E-state index in [1.54, 1.807) is 4.90 Å². The van der Waals surface area contributed by atoms with E-state index in [1.165, 1.54) is 0 Å². The molecule has 0 spiro atoms. The number of benzene rings is 1. The van der Waals surface area contributed by atoms with Crippen molar-refractivity contribution in [1.29, 1.82) is 0 Å². The molecule has 1 saturated heterocycles. The molecule has 5 nitrogen and oxygen atoms in total. The molecule has 2 aliphatic heterocycles. The lowest BCUT2D eigenvalue weighted by Gasteiger charge is -2.35. The maximum atomic E-state index is 12.0. The Bertz CT molecular complexity index is 512. The number of rotatable bonds is 2. The summed E-state index contributed by atoms with van der Waals surface area (Å²) in [6.45, 7) is 1.90. The predicted molar refractivity (Wildman–Crippen MR) is 77.6 cm³/mol. The Balaban J connectivity index is 1.91. The Morgan fingerprint density at radius 1 is 1.25 bits per heavy atom. The fourth-order valence-corrected chi connectivity index (χ4v) is 2.74. The largest absolute Gasteiger partial charge is 0.488 e. The molecule has 3 rings (SSSR count). The van der Waals surface area contributed by atoms with Crippen molar-refractivity contribution in [3.63, 3.8) is 0 Å². The molecule has 0 atom stereocenters. The fraction of sp³-hybridized carbons (Fsp3) is 0.533. The lowest BCUT2D eigenvalue weighted by molar-refractivity contribution is -0.117. The zero-order valence-corrected chi connectivity index (χ0v) is 12.0. The van der Waals surface area contributed by atoms with Gasteiger partial charge in [0.15, 0.2) is 0 Å². The summed E-state index contributed by atoms with van der Waals surface area (Å²) in [5.41, 5.74) is 1.91. The van der Waals surface area contributed by atoms with Crippen LogP contribution in [0.25, 0.3) is 0 Å². The molecule has 2 heterocycles. The lowest BCUT2D eigenvalue weighted by Crippen LogP contribution is -2.42. The van der Waals surface area contributed by atoms with E-state index in [2.05, 4.69) is 0 Å². The van der Waals surface area contributed by atoms with Crippen LogP contribution in [0, 0.1) is 0 Å². The summed E-state index contributed by atoms with van der Waals surface area (Å²) in [5.74, 6) is 0.875. The maximum absolute atomic E-state index is 12.0. The number of carbonyl (C=O) groups excluding carboxylic acids is 1. The number of fused-ring (bicyclic) bond motifs is 1. The van der Waals surface area contributed by atoms with E-state index in [0.717, 1.165) is 43.2 Å². The van der Waals surface area contributed by atoms with Gasteiger partial charge in [0, 0.05) is 26.9 Å². The Hall–Kier alpha value is -1.75. The maximum Gasteiger partial charge on any atom is 0.246 e. The number of carbonyl (C=O) groups is 1. The number of ether oxygens (including phenoxy) is 2. The van der Waals surface area contributed by atoms with Gasteiger partial charge in [-0.3, -0.25) is 4.79 Å². The van der Waals surface area contributed by atoms with Crippen molar-refractivity contribution < 1.29 is 14.3 Å². The van der Waals surface area contributed by atoms with Gasteiger partial charge in [-0.1, -0.05) is 6.07 Å². The van der Waals surface area contributed by atoms with Crippen LogP contribution in [0.4, 0.5) is 11.4 Å². The molecule has 1 fully saturated rings. The highest BCUT2D eigenvalue weighted by molar-refractivity contribution is 6.04. The Morgan fingerprint density at radius 2 is 2.00 bits per heavy atom. The van der Waals surface area contributed by atoms with E-state index in [1.807, 2.05) is 37.2 Å². The number of hydrogen-bond acceptors (Lipinski definition) is 4. The standard InChI is InChI=1S/C15H20N2O3/c1-16-10-14(18)17(2)15-12(16)4-3-5-13(15)20-11-6-8-19-9-7-11/h3-5,11H,6-10H2,1-2H3. The van der Waals surface area contributed by atoms with E-state index >= 15 is 0 Å². The number of anilines is 2. The van der Waals surface area contributed by atoms with Gasteiger partial charge in [-0.15, -0.1) is 0 Å². The molecule has 0 aromatic heterocycles. The molecule has 20 heavy (non-hydrogen) atoms. The molecule has 1 amide bonds. The molecule has 0 bridgehead atoms. The van der Waals surface area contributed by atoms with Gasteiger partial charge in [-0.2, -0.15) is 0 Å². The Labute approximate surface area is 119 Å². The number of para-hydroxylation sites is 1. The molecule has 1 aromatic carbocycles. The molecular weight excluding hydrogens is 256 g/mol. The van der Waals surface area contributed by atoms with Gasteiger partial charge in [0.25, 0.3) is 0 Å².